The van der Waals surface area contributed by atoms with Gasteiger partial charge in [-0.15, -0.1) is 11.8 Å². The predicted molar refractivity (Wildman–Crippen MR) is 110 cm³/mol. The number of carbonyl (C=O) groups is 1. The highest BCUT2D eigenvalue weighted by atomic mass is 35.5. The molecule has 0 aliphatic carbocycles. The van der Waals surface area contributed by atoms with Crippen molar-refractivity contribution in [3.63, 3.8) is 0 Å². The molecule has 9 heteroatoms. The summed E-state index contributed by atoms with van der Waals surface area (Å²) in [6, 6.07) is 11.6. The number of nitrogens with zero attached hydrogens (tertiary/aromatic N) is 1. The van der Waals surface area contributed by atoms with Gasteiger partial charge in [0.25, 0.3) is 5.91 Å². The van der Waals surface area contributed by atoms with E-state index in [0.717, 1.165) is 10.5 Å². The van der Waals surface area contributed by atoms with Gasteiger partial charge in [0.2, 0.25) is 10.0 Å². The average Bonchev–Trinajstić information content (AvgIpc) is 2.73. The van der Waals surface area contributed by atoms with E-state index < -0.39 is 10.0 Å². The van der Waals surface area contributed by atoms with E-state index in [4.69, 9.17) is 16.3 Å². The Kier molecular flexibility index (Phi) is 7.00. The normalized spacial score (nSPS) is 14.9. The molecule has 3 rings (SSSR count). The van der Waals surface area contributed by atoms with Crippen molar-refractivity contribution in [1.82, 2.24) is 9.62 Å². The van der Waals surface area contributed by atoms with Crippen LogP contribution in [0.25, 0.3) is 0 Å². The highest BCUT2D eigenvalue weighted by molar-refractivity contribution is 7.98. The van der Waals surface area contributed by atoms with Gasteiger partial charge < -0.3 is 9.64 Å². The predicted octanol–water partition coefficient (Wildman–Crippen LogP) is 3.01. The van der Waals surface area contributed by atoms with E-state index in [1.807, 2.05) is 6.26 Å². The van der Waals surface area contributed by atoms with Crippen LogP contribution in [0.1, 0.15) is 15.9 Å². The maximum Gasteiger partial charge on any atom is 0.255 e. The number of sulfonamides is 1. The maximum atomic E-state index is 12.9. The fourth-order valence-corrected chi connectivity index (χ4v) is 4.56. The van der Waals surface area contributed by atoms with Crippen LogP contribution in [0.5, 0.6) is 0 Å². The lowest BCUT2D eigenvalue weighted by Gasteiger charge is -2.27. The first-order valence-corrected chi connectivity index (χ1v) is 11.8. The van der Waals surface area contributed by atoms with Crippen LogP contribution in [0.2, 0.25) is 5.02 Å². The molecule has 1 fully saturated rings. The summed E-state index contributed by atoms with van der Waals surface area (Å²) in [5.41, 5.74) is 1.18. The van der Waals surface area contributed by atoms with E-state index in [1.165, 1.54) is 23.9 Å². The largest absolute Gasteiger partial charge is 0.378 e. The molecule has 1 N–H and O–H groups in total. The fourth-order valence-electron chi connectivity index (χ4n) is 2.82. The molecule has 0 bridgehead atoms. The van der Waals surface area contributed by atoms with Crippen LogP contribution in [-0.4, -0.2) is 51.8 Å². The number of benzene rings is 2. The quantitative estimate of drug-likeness (QED) is 0.699. The third-order valence-electron chi connectivity index (χ3n) is 4.39. The Bertz CT molecular complexity index is 943. The van der Waals surface area contributed by atoms with E-state index in [1.54, 1.807) is 35.2 Å². The molecule has 0 aromatic heterocycles. The molecular formula is C19H21ClN2O4S2. The molecule has 0 atom stereocenters. The lowest BCUT2D eigenvalue weighted by Crippen LogP contribution is -2.41. The van der Waals surface area contributed by atoms with Crippen LogP contribution in [0.4, 0.5) is 0 Å². The van der Waals surface area contributed by atoms with E-state index in [0.29, 0.717) is 36.9 Å². The van der Waals surface area contributed by atoms with Gasteiger partial charge in [-0.2, -0.15) is 0 Å². The van der Waals surface area contributed by atoms with Gasteiger partial charge in [0.1, 0.15) is 0 Å². The van der Waals surface area contributed by atoms with E-state index in [2.05, 4.69) is 4.72 Å². The van der Waals surface area contributed by atoms with Gasteiger partial charge in [-0.05, 0) is 42.2 Å². The van der Waals surface area contributed by atoms with Crippen LogP contribution in [0.15, 0.2) is 52.3 Å². The Balaban J connectivity index is 1.82. The van der Waals surface area contributed by atoms with Gasteiger partial charge in [0, 0.05) is 29.6 Å². The van der Waals surface area contributed by atoms with Crippen LogP contribution in [0, 0.1) is 0 Å². The van der Waals surface area contributed by atoms with Gasteiger partial charge >= 0.3 is 0 Å². The van der Waals surface area contributed by atoms with Gasteiger partial charge in [0.05, 0.1) is 23.7 Å². The summed E-state index contributed by atoms with van der Waals surface area (Å²) in [5, 5.41) is 0.588. The zero-order chi connectivity index (χ0) is 20.1. The molecule has 6 nitrogen and oxygen atoms in total. The lowest BCUT2D eigenvalue weighted by molar-refractivity contribution is 0.0300. The van der Waals surface area contributed by atoms with Crippen molar-refractivity contribution in [3.8, 4) is 0 Å². The second kappa shape index (κ2) is 9.28. The van der Waals surface area contributed by atoms with E-state index in [9.17, 15) is 13.2 Å². The monoisotopic (exact) mass is 440 g/mol. The molecule has 28 heavy (non-hydrogen) atoms. The highest BCUT2D eigenvalue weighted by Crippen LogP contribution is 2.25. The Morgan fingerprint density at radius 2 is 1.86 bits per heavy atom. The minimum Gasteiger partial charge on any atom is -0.378 e. The molecule has 150 valence electrons. The summed E-state index contributed by atoms with van der Waals surface area (Å²) < 4.78 is 33.3. The van der Waals surface area contributed by atoms with Crippen LogP contribution in [-0.2, 0) is 21.3 Å². The molecule has 1 heterocycles. The number of hydrogen-bond acceptors (Lipinski definition) is 5. The molecule has 0 saturated carbocycles. The number of morpholine rings is 1. The molecule has 0 spiro atoms. The smallest absolute Gasteiger partial charge is 0.255 e. The summed E-state index contributed by atoms with van der Waals surface area (Å²) in [5.74, 6) is -0.178. The Morgan fingerprint density at radius 1 is 1.18 bits per heavy atom. The fraction of sp³-hybridized carbons (Fsp3) is 0.316. The van der Waals surface area contributed by atoms with Crippen LogP contribution in [0.3, 0.4) is 0 Å². The number of amides is 1. The van der Waals surface area contributed by atoms with Gasteiger partial charge in [-0.25, -0.2) is 13.1 Å². The number of ether oxygens (including phenoxy) is 1. The molecule has 1 amide bonds. The van der Waals surface area contributed by atoms with Crippen molar-refractivity contribution < 1.29 is 17.9 Å². The van der Waals surface area contributed by atoms with Crippen molar-refractivity contribution >= 4 is 39.3 Å². The molecule has 1 aliphatic rings. The molecule has 1 saturated heterocycles. The minimum atomic E-state index is -3.77. The number of hydrogen-bond donors (Lipinski definition) is 1. The third-order valence-corrected chi connectivity index (χ3v) is 6.84. The van der Waals surface area contributed by atoms with Gasteiger partial charge in [0.15, 0.2) is 0 Å². The first kappa shape index (κ1) is 21.1. The number of nitrogens with one attached hydrogen (secondary N) is 1. The topological polar surface area (TPSA) is 75.7 Å². The molecular weight excluding hydrogens is 420 g/mol. The maximum absolute atomic E-state index is 12.9. The average molecular weight is 441 g/mol. The van der Waals surface area contributed by atoms with E-state index >= 15 is 0 Å². The van der Waals surface area contributed by atoms with Crippen molar-refractivity contribution in [2.45, 2.75) is 16.3 Å². The molecule has 2 aromatic carbocycles. The number of halogens is 1. The van der Waals surface area contributed by atoms with Crippen LogP contribution >= 0.6 is 23.4 Å². The SMILES string of the molecule is CSc1ccc(S(=O)(=O)NCc2ccc(Cl)cc2)cc1C(=O)N1CCOCC1. The second-order valence-electron chi connectivity index (χ2n) is 6.22. The van der Waals surface area contributed by atoms with Crippen molar-refractivity contribution in [2.75, 3.05) is 32.6 Å². The Morgan fingerprint density at radius 3 is 2.50 bits per heavy atom. The highest BCUT2D eigenvalue weighted by Gasteiger charge is 2.24. The lowest BCUT2D eigenvalue weighted by atomic mass is 10.2. The summed E-state index contributed by atoms with van der Waals surface area (Å²) in [6.45, 7) is 2.11. The first-order chi connectivity index (χ1) is 13.4. The molecule has 0 radical (unpaired) electrons. The summed E-state index contributed by atoms with van der Waals surface area (Å²) >= 11 is 7.27. The van der Waals surface area contributed by atoms with Crippen molar-refractivity contribution in [3.05, 3.63) is 58.6 Å². The zero-order valence-corrected chi connectivity index (χ0v) is 17.7. The number of carbonyl (C=O) groups excluding carboxylic acids is 1. The standard InChI is InChI=1S/C19H21ClN2O4S2/c1-27-18-7-6-16(12-17(18)19(23)22-8-10-26-11-9-22)28(24,25)21-13-14-2-4-15(20)5-3-14/h2-7,12,21H,8-11,13H2,1H3. The van der Waals surface area contributed by atoms with E-state index in [-0.39, 0.29) is 17.3 Å². The zero-order valence-electron chi connectivity index (χ0n) is 15.4. The van der Waals surface area contributed by atoms with Crippen molar-refractivity contribution in [2.24, 2.45) is 0 Å². The summed E-state index contributed by atoms with van der Waals surface area (Å²) in [6.07, 6.45) is 1.86. The van der Waals surface area contributed by atoms with Crippen molar-refractivity contribution in [1.29, 1.82) is 0 Å². The number of rotatable bonds is 6. The summed E-state index contributed by atoms with van der Waals surface area (Å²) in [7, 11) is -3.77. The molecule has 2 aromatic rings. The van der Waals surface area contributed by atoms with Gasteiger partial charge in [-0.3, -0.25) is 4.79 Å². The summed E-state index contributed by atoms with van der Waals surface area (Å²) in [4.78, 5) is 15.4. The Labute approximate surface area is 174 Å². The second-order valence-corrected chi connectivity index (χ2v) is 9.27. The first-order valence-electron chi connectivity index (χ1n) is 8.70. The third kappa shape index (κ3) is 5.07. The van der Waals surface area contributed by atoms with Crippen LogP contribution < -0.4 is 4.72 Å². The minimum absolute atomic E-state index is 0.0656. The van der Waals surface area contributed by atoms with Gasteiger partial charge in [-0.1, -0.05) is 23.7 Å². The number of thioether (sulfide) groups is 1. The molecule has 0 unspecified atom stereocenters. The molecule has 1 aliphatic heterocycles. The Hall–Kier alpha value is -1.58.